The van der Waals surface area contributed by atoms with Gasteiger partial charge in [0.25, 0.3) is 0 Å². The van der Waals surface area contributed by atoms with Crippen LogP contribution in [0.4, 0.5) is 32.1 Å². The number of anilines is 4. The monoisotopic (exact) mass is 710 g/mol. The number of aliphatic hydroxyl groups excluding tert-OH is 1. The van der Waals surface area contributed by atoms with Crippen LogP contribution in [0.1, 0.15) is 50.1 Å². The van der Waals surface area contributed by atoms with Crippen LogP contribution in [0.5, 0.6) is 11.5 Å². The van der Waals surface area contributed by atoms with Gasteiger partial charge in [-0.3, -0.25) is 9.36 Å². The number of nitrogens with one attached hydrogen (secondary N) is 2. The van der Waals surface area contributed by atoms with Crippen LogP contribution in [0.25, 0.3) is 22.5 Å². The number of nitrogens with zero attached hydrogens (tertiary/aromatic N) is 8. The van der Waals surface area contributed by atoms with E-state index in [1.54, 1.807) is 72.3 Å². The maximum Gasteiger partial charge on any atom is 0.228 e. The fourth-order valence-corrected chi connectivity index (χ4v) is 5.78. The van der Waals surface area contributed by atoms with Crippen molar-refractivity contribution < 1.29 is 23.4 Å². The molecule has 0 spiro atoms. The van der Waals surface area contributed by atoms with Crippen molar-refractivity contribution in [3.05, 3.63) is 95.8 Å². The molecule has 52 heavy (non-hydrogen) atoms. The first kappa shape index (κ1) is 35.9. The summed E-state index contributed by atoms with van der Waals surface area (Å²) in [5, 5.41) is 25.6. The first-order chi connectivity index (χ1) is 25.2. The third-order valence-corrected chi connectivity index (χ3v) is 8.27. The lowest BCUT2D eigenvalue weighted by Crippen LogP contribution is -2.18. The molecule has 0 saturated carbocycles. The number of ether oxygens (including phenoxy) is 2. The number of rotatable bonds is 15. The molecule has 0 bridgehead atoms. The van der Waals surface area contributed by atoms with E-state index in [9.17, 15) is 9.50 Å². The summed E-state index contributed by atoms with van der Waals surface area (Å²) in [7, 11) is 0. The minimum atomic E-state index is -0.546. The van der Waals surface area contributed by atoms with Crippen LogP contribution in [-0.2, 0) is 6.54 Å². The summed E-state index contributed by atoms with van der Waals surface area (Å²) >= 11 is 0. The number of hydrogen-bond acceptors (Lipinski definition) is 11. The third kappa shape index (κ3) is 7.84. The molecule has 0 amide bonds. The Morgan fingerprint density at radius 2 is 1.38 bits per heavy atom. The van der Waals surface area contributed by atoms with E-state index in [-0.39, 0.29) is 36.4 Å². The van der Waals surface area contributed by atoms with E-state index in [1.807, 2.05) is 27.0 Å². The normalized spacial score (nSPS) is 11.8. The maximum atomic E-state index is 15.1. The number of aliphatic hydroxyl groups is 1. The summed E-state index contributed by atoms with van der Waals surface area (Å²) in [6.45, 7) is 10.5. The lowest BCUT2D eigenvalue weighted by Gasteiger charge is -2.21. The summed E-state index contributed by atoms with van der Waals surface area (Å²) in [5.41, 5.74) is 5.42. The Balaban J connectivity index is 1.35. The SMILES string of the molecule is CCOc1ccc(-c2nc(Nc3cnn(C(CCO)c4nc(Nc5cnn(CC)c5)nc(-c5ccc(OCC)c(F)c5)c4C)c3)ncc2C)cc1F. The predicted molar refractivity (Wildman–Crippen MR) is 193 cm³/mol. The Bertz CT molecular complexity index is 2170. The van der Waals surface area contributed by atoms with Gasteiger partial charge in [0.15, 0.2) is 23.1 Å². The van der Waals surface area contributed by atoms with E-state index in [4.69, 9.17) is 19.4 Å². The fourth-order valence-electron chi connectivity index (χ4n) is 5.78. The van der Waals surface area contributed by atoms with Gasteiger partial charge in [0.2, 0.25) is 11.9 Å². The zero-order valence-corrected chi connectivity index (χ0v) is 29.6. The highest BCUT2D eigenvalue weighted by molar-refractivity contribution is 5.68. The van der Waals surface area contributed by atoms with E-state index in [1.165, 1.54) is 12.1 Å². The van der Waals surface area contributed by atoms with Crippen LogP contribution in [-0.4, -0.2) is 64.4 Å². The van der Waals surface area contributed by atoms with Crippen LogP contribution in [0.15, 0.2) is 67.4 Å². The highest BCUT2D eigenvalue weighted by atomic mass is 19.1. The minimum absolute atomic E-state index is 0.148. The van der Waals surface area contributed by atoms with E-state index in [2.05, 4.69) is 30.8 Å². The molecule has 0 aliphatic carbocycles. The Morgan fingerprint density at radius 1 is 0.769 bits per heavy atom. The largest absolute Gasteiger partial charge is 0.491 e. The van der Waals surface area contributed by atoms with Crippen molar-refractivity contribution in [2.24, 2.45) is 0 Å². The molecule has 0 fully saturated rings. The lowest BCUT2D eigenvalue weighted by molar-refractivity contribution is 0.262. The van der Waals surface area contributed by atoms with Crippen molar-refractivity contribution in [2.75, 3.05) is 30.5 Å². The number of benzene rings is 2. The smallest absolute Gasteiger partial charge is 0.228 e. The molecule has 13 nitrogen and oxygen atoms in total. The number of hydrogen-bond donors (Lipinski definition) is 3. The zero-order chi connectivity index (χ0) is 36.8. The molecule has 15 heteroatoms. The molecular formula is C37H40F2N10O3. The van der Waals surface area contributed by atoms with Gasteiger partial charge in [-0.05, 0) is 88.6 Å². The van der Waals surface area contributed by atoms with Crippen LogP contribution in [0.3, 0.4) is 0 Å². The second kappa shape index (κ2) is 15.9. The van der Waals surface area contributed by atoms with Crippen molar-refractivity contribution in [2.45, 2.75) is 53.6 Å². The fraction of sp³-hybridized carbons (Fsp3) is 0.297. The molecule has 270 valence electrons. The number of aryl methyl sites for hydroxylation is 2. The predicted octanol–water partition coefficient (Wildman–Crippen LogP) is 7.16. The van der Waals surface area contributed by atoms with Crippen LogP contribution < -0.4 is 20.1 Å². The molecule has 1 unspecified atom stereocenters. The molecule has 1 atom stereocenters. The van der Waals surface area contributed by atoms with E-state index >= 15 is 4.39 Å². The van der Waals surface area contributed by atoms with Crippen LogP contribution in [0.2, 0.25) is 0 Å². The first-order valence-electron chi connectivity index (χ1n) is 17.0. The highest BCUT2D eigenvalue weighted by Gasteiger charge is 2.24. The number of halogens is 2. The Hall–Kier alpha value is -5.96. The molecule has 3 N–H and O–H groups in total. The number of aromatic nitrogens is 8. The van der Waals surface area contributed by atoms with Crippen molar-refractivity contribution in [1.82, 2.24) is 39.5 Å². The average molecular weight is 711 g/mol. The molecule has 0 aliphatic heterocycles. The highest BCUT2D eigenvalue weighted by Crippen LogP contribution is 2.34. The molecule has 6 rings (SSSR count). The molecule has 0 aliphatic rings. The first-order valence-corrected chi connectivity index (χ1v) is 17.0. The maximum absolute atomic E-state index is 15.1. The topological polar surface area (TPSA) is 150 Å². The Kier molecular flexibility index (Phi) is 11.0. The summed E-state index contributed by atoms with van der Waals surface area (Å²) < 4.78 is 44.0. The van der Waals surface area contributed by atoms with Crippen molar-refractivity contribution in [3.8, 4) is 34.0 Å². The lowest BCUT2D eigenvalue weighted by atomic mass is 10.00. The molecular weight excluding hydrogens is 670 g/mol. The molecule has 4 aromatic heterocycles. The molecule has 0 saturated heterocycles. The summed E-state index contributed by atoms with van der Waals surface area (Å²) in [4.78, 5) is 18.8. The van der Waals surface area contributed by atoms with Crippen LogP contribution >= 0.6 is 0 Å². The van der Waals surface area contributed by atoms with Crippen molar-refractivity contribution >= 4 is 23.3 Å². The van der Waals surface area contributed by atoms with Crippen molar-refractivity contribution in [3.63, 3.8) is 0 Å². The van der Waals surface area contributed by atoms with Gasteiger partial charge in [-0.25, -0.2) is 28.7 Å². The van der Waals surface area contributed by atoms with Gasteiger partial charge < -0.3 is 25.2 Å². The standard InChI is InChI=1S/C37H40F2N10O3/c1-6-48-20-26(18-41-48)44-37-46-34(25-10-12-32(52-8-3)29(39)16-25)23(5)35(47-37)30(13-14-50)49-21-27(19-42-49)43-36-40-17-22(4)33(45-36)24-9-11-31(51-7-2)28(38)15-24/h9-12,15-21,30,50H,6-8,13-14H2,1-5H3,(H,40,43,45)(H,44,46,47). The third-order valence-electron chi connectivity index (χ3n) is 8.27. The minimum Gasteiger partial charge on any atom is -0.491 e. The Morgan fingerprint density at radius 3 is 2.00 bits per heavy atom. The molecule has 6 aromatic rings. The van der Waals surface area contributed by atoms with E-state index in [0.717, 1.165) is 5.56 Å². The van der Waals surface area contributed by atoms with Crippen molar-refractivity contribution in [1.29, 1.82) is 0 Å². The van der Waals surface area contributed by atoms with Gasteiger partial charge in [-0.2, -0.15) is 10.2 Å². The van der Waals surface area contributed by atoms with E-state index in [0.29, 0.717) is 64.9 Å². The summed E-state index contributed by atoms with van der Waals surface area (Å²) in [6, 6.07) is 8.90. The van der Waals surface area contributed by atoms with Crippen LogP contribution in [0, 0.1) is 25.5 Å². The molecule has 0 radical (unpaired) electrons. The Labute approximate surface area is 299 Å². The molecule has 2 aromatic carbocycles. The van der Waals surface area contributed by atoms with Gasteiger partial charge in [0.1, 0.15) is 0 Å². The van der Waals surface area contributed by atoms with Gasteiger partial charge in [-0.15, -0.1) is 0 Å². The van der Waals surface area contributed by atoms with E-state index < -0.39 is 17.7 Å². The summed E-state index contributed by atoms with van der Waals surface area (Å²) in [6.07, 6.45) is 8.80. The van der Waals surface area contributed by atoms with Gasteiger partial charge in [0, 0.05) is 42.9 Å². The average Bonchev–Trinajstić information content (AvgIpc) is 3.80. The second-order valence-corrected chi connectivity index (χ2v) is 11.9. The van der Waals surface area contributed by atoms with Gasteiger partial charge >= 0.3 is 0 Å². The second-order valence-electron chi connectivity index (χ2n) is 11.9. The quantitative estimate of drug-likeness (QED) is 0.0996. The van der Waals surface area contributed by atoms with Gasteiger partial charge in [-0.1, -0.05) is 0 Å². The zero-order valence-electron chi connectivity index (χ0n) is 29.6. The molecule has 4 heterocycles. The van der Waals surface area contributed by atoms with Gasteiger partial charge in [0.05, 0.1) is 60.1 Å². The summed E-state index contributed by atoms with van der Waals surface area (Å²) in [5.74, 6) is -0.121.